The largest absolute Gasteiger partial charge is 0.508 e. The van der Waals surface area contributed by atoms with Crippen molar-refractivity contribution < 1.29 is 10.2 Å². The number of aromatic hydroxyl groups is 1. The first-order valence-corrected chi connectivity index (χ1v) is 15.7. The molecule has 1 aromatic carbocycles. The fourth-order valence-electron chi connectivity index (χ4n) is 9.96. The van der Waals surface area contributed by atoms with E-state index < -0.39 is 0 Å². The summed E-state index contributed by atoms with van der Waals surface area (Å²) in [6.45, 7) is 12.4. The summed E-state index contributed by atoms with van der Waals surface area (Å²) in [5, 5.41) is 30.0. The second-order valence-corrected chi connectivity index (χ2v) is 14.5. The van der Waals surface area contributed by atoms with Crippen molar-refractivity contribution in [3.8, 4) is 5.75 Å². The minimum atomic E-state index is -0.221. The molecule has 4 fully saturated rings. The lowest BCUT2D eigenvalue weighted by Gasteiger charge is -2.61. The lowest BCUT2D eigenvalue weighted by Crippen LogP contribution is -2.57. The summed E-state index contributed by atoms with van der Waals surface area (Å²) in [7, 11) is 0. The number of phenolic OH excluding ortho intramolecular Hbond substituents is 1. The molecule has 0 bridgehead atoms. The third-order valence-electron chi connectivity index (χ3n) is 11.9. The number of hydrogen-bond donors (Lipinski definition) is 2. The van der Waals surface area contributed by atoms with Crippen LogP contribution in [0.15, 0.2) is 34.5 Å². The molecule has 4 aliphatic rings. The normalized spacial score (nSPS) is 40.8. The van der Waals surface area contributed by atoms with Gasteiger partial charge in [-0.25, -0.2) is 0 Å². The van der Waals surface area contributed by atoms with Crippen LogP contribution in [0, 0.1) is 52.3 Å². The molecule has 4 nitrogen and oxygen atoms in total. The second kappa shape index (κ2) is 11.1. The Kier molecular flexibility index (Phi) is 8.11. The van der Waals surface area contributed by atoms with Crippen molar-refractivity contribution in [2.24, 2.45) is 62.5 Å². The van der Waals surface area contributed by atoms with Gasteiger partial charge >= 0.3 is 0 Å². The Hall–Kier alpha value is -1.68. The molecule has 38 heavy (non-hydrogen) atoms. The Labute approximate surface area is 231 Å². The van der Waals surface area contributed by atoms with E-state index in [1.54, 1.807) is 18.3 Å². The number of rotatable bonds is 7. The van der Waals surface area contributed by atoms with Crippen molar-refractivity contribution in [1.82, 2.24) is 0 Å². The minimum absolute atomic E-state index is 0.212. The van der Waals surface area contributed by atoms with Crippen LogP contribution >= 0.6 is 0 Å². The molecular weight excluding hydrogens is 468 g/mol. The fourth-order valence-corrected chi connectivity index (χ4v) is 9.96. The number of benzene rings is 1. The van der Waals surface area contributed by atoms with Gasteiger partial charge in [-0.3, -0.25) is 0 Å². The standard InChI is InChI=1S/C34H52N2O2/c1-22(2)8-6-9-23(3)28-12-13-29-27-20-32(36-35-21-24-10-7-11-25(37)18-24)31-19-26(38)14-16-34(31,5)30(27)15-17-33(28,29)4/h7,10-11,18,21-23,26-31,37-38H,6,8-9,12-17,19-20H2,1-5H3/b35-21+,36-32+/t23-,26+,27+,28-,29+,30+,31?,33-,34-/m1/s1. The van der Waals surface area contributed by atoms with E-state index in [0.29, 0.717) is 17.3 Å². The zero-order valence-electron chi connectivity index (χ0n) is 24.6. The summed E-state index contributed by atoms with van der Waals surface area (Å²) in [5.74, 6) is 5.26. The summed E-state index contributed by atoms with van der Waals surface area (Å²) in [6, 6.07) is 7.19. The lowest BCUT2D eigenvalue weighted by atomic mass is 9.44. The van der Waals surface area contributed by atoms with Gasteiger partial charge in [0.1, 0.15) is 5.75 Å². The molecule has 5 rings (SSSR count). The van der Waals surface area contributed by atoms with Crippen molar-refractivity contribution in [3.63, 3.8) is 0 Å². The van der Waals surface area contributed by atoms with Crippen LogP contribution in [0.1, 0.15) is 111 Å². The predicted octanol–water partition coefficient (Wildman–Crippen LogP) is 8.26. The molecule has 0 aromatic heterocycles. The van der Waals surface area contributed by atoms with Crippen LogP contribution in [0.5, 0.6) is 5.75 Å². The third kappa shape index (κ3) is 5.23. The van der Waals surface area contributed by atoms with Gasteiger partial charge in [0.05, 0.1) is 12.3 Å². The van der Waals surface area contributed by atoms with E-state index in [-0.39, 0.29) is 17.3 Å². The number of phenols is 1. The first-order chi connectivity index (χ1) is 18.1. The van der Waals surface area contributed by atoms with E-state index >= 15 is 0 Å². The summed E-state index contributed by atoms with van der Waals surface area (Å²) in [4.78, 5) is 0. The minimum Gasteiger partial charge on any atom is -0.508 e. The van der Waals surface area contributed by atoms with E-state index in [2.05, 4.69) is 39.7 Å². The third-order valence-corrected chi connectivity index (χ3v) is 11.9. The Balaban J connectivity index is 1.40. The molecular formula is C34H52N2O2. The smallest absolute Gasteiger partial charge is 0.116 e. The van der Waals surface area contributed by atoms with Crippen molar-refractivity contribution in [1.29, 1.82) is 0 Å². The molecule has 4 aliphatic carbocycles. The van der Waals surface area contributed by atoms with E-state index in [1.165, 1.54) is 50.7 Å². The molecule has 0 radical (unpaired) electrons. The molecule has 0 saturated heterocycles. The Morgan fingerprint density at radius 2 is 1.76 bits per heavy atom. The van der Waals surface area contributed by atoms with Gasteiger partial charge < -0.3 is 10.2 Å². The van der Waals surface area contributed by atoms with E-state index in [9.17, 15) is 10.2 Å². The average Bonchev–Trinajstić information content (AvgIpc) is 3.22. The van der Waals surface area contributed by atoms with E-state index in [4.69, 9.17) is 5.10 Å². The van der Waals surface area contributed by atoms with Crippen molar-refractivity contribution in [2.45, 2.75) is 111 Å². The summed E-state index contributed by atoms with van der Waals surface area (Å²) >= 11 is 0. The van der Waals surface area contributed by atoms with Gasteiger partial charge in [0.25, 0.3) is 0 Å². The molecule has 0 spiro atoms. The highest BCUT2D eigenvalue weighted by Crippen LogP contribution is 2.68. The first kappa shape index (κ1) is 27.9. The maximum absolute atomic E-state index is 10.7. The molecule has 1 unspecified atom stereocenters. The van der Waals surface area contributed by atoms with Gasteiger partial charge in [0.15, 0.2) is 0 Å². The highest BCUT2D eigenvalue weighted by Gasteiger charge is 2.62. The van der Waals surface area contributed by atoms with Crippen LogP contribution in [0.3, 0.4) is 0 Å². The van der Waals surface area contributed by atoms with Gasteiger partial charge in [0.2, 0.25) is 0 Å². The Morgan fingerprint density at radius 1 is 1.00 bits per heavy atom. The Bertz CT molecular complexity index is 1030. The SMILES string of the molecule is CC(C)CCC[C@@H](C)[C@H]1CC[C@H]2[C@@H]3C/C(=N\N=C\c4cccc(O)c4)C4C[C@@H](O)CC[C@]4(C)[C@H]3CC[C@]12C. The number of nitrogens with zero attached hydrogens (tertiary/aromatic N) is 2. The molecule has 0 amide bonds. The predicted molar refractivity (Wildman–Crippen MR) is 158 cm³/mol. The molecule has 0 aliphatic heterocycles. The van der Waals surface area contributed by atoms with Gasteiger partial charge in [-0.1, -0.05) is 66.0 Å². The monoisotopic (exact) mass is 520 g/mol. The molecule has 2 N–H and O–H groups in total. The van der Waals surface area contributed by atoms with Crippen LogP contribution < -0.4 is 0 Å². The van der Waals surface area contributed by atoms with Crippen molar-refractivity contribution in [3.05, 3.63) is 29.8 Å². The van der Waals surface area contributed by atoms with Crippen LogP contribution in [-0.2, 0) is 0 Å². The molecule has 1 aromatic rings. The number of aliphatic hydroxyl groups is 1. The summed E-state index contributed by atoms with van der Waals surface area (Å²) in [6.07, 6.45) is 15.1. The maximum Gasteiger partial charge on any atom is 0.116 e. The second-order valence-electron chi connectivity index (χ2n) is 14.5. The maximum atomic E-state index is 10.7. The van der Waals surface area contributed by atoms with Gasteiger partial charge in [-0.15, -0.1) is 0 Å². The average molecular weight is 521 g/mol. The lowest BCUT2D eigenvalue weighted by molar-refractivity contribution is -0.0938. The van der Waals surface area contributed by atoms with E-state index in [1.807, 2.05) is 12.1 Å². The topological polar surface area (TPSA) is 65.2 Å². The highest BCUT2D eigenvalue weighted by molar-refractivity contribution is 5.90. The molecule has 4 heteroatoms. The van der Waals surface area contributed by atoms with Crippen LogP contribution in [0.25, 0.3) is 0 Å². The fraction of sp³-hybridized carbons (Fsp3) is 0.765. The van der Waals surface area contributed by atoms with Gasteiger partial charge in [0, 0.05) is 11.6 Å². The van der Waals surface area contributed by atoms with E-state index in [0.717, 1.165) is 60.8 Å². The molecule has 4 saturated carbocycles. The summed E-state index contributed by atoms with van der Waals surface area (Å²) in [5.41, 5.74) is 2.75. The number of fused-ring (bicyclic) bond motifs is 5. The zero-order valence-corrected chi connectivity index (χ0v) is 24.6. The van der Waals surface area contributed by atoms with Crippen molar-refractivity contribution >= 4 is 11.9 Å². The quantitative estimate of drug-likeness (QED) is 0.281. The van der Waals surface area contributed by atoms with Crippen LogP contribution in [-0.4, -0.2) is 28.2 Å². The highest BCUT2D eigenvalue weighted by atomic mass is 16.3. The summed E-state index contributed by atoms with van der Waals surface area (Å²) < 4.78 is 0. The van der Waals surface area contributed by atoms with Gasteiger partial charge in [-0.05, 0) is 115 Å². The van der Waals surface area contributed by atoms with Crippen LogP contribution in [0.4, 0.5) is 0 Å². The molecule has 210 valence electrons. The Morgan fingerprint density at radius 3 is 2.53 bits per heavy atom. The molecule has 9 atom stereocenters. The van der Waals surface area contributed by atoms with Gasteiger partial charge in [-0.2, -0.15) is 10.2 Å². The first-order valence-electron chi connectivity index (χ1n) is 15.7. The van der Waals surface area contributed by atoms with Crippen molar-refractivity contribution in [2.75, 3.05) is 0 Å². The number of aliphatic hydroxyl groups excluding tert-OH is 1. The number of hydrogen-bond acceptors (Lipinski definition) is 4. The van der Waals surface area contributed by atoms with Crippen LogP contribution in [0.2, 0.25) is 0 Å². The zero-order chi connectivity index (χ0) is 27.1. The molecule has 0 heterocycles.